The van der Waals surface area contributed by atoms with Crippen molar-refractivity contribution in [1.29, 1.82) is 0 Å². The summed E-state index contributed by atoms with van der Waals surface area (Å²) in [7, 11) is 0. The van der Waals surface area contributed by atoms with E-state index in [1.54, 1.807) is 6.92 Å². The zero-order valence-electron chi connectivity index (χ0n) is 9.80. The fraction of sp³-hybridized carbons (Fsp3) is 0.778. The van der Waals surface area contributed by atoms with Crippen LogP contribution in [0.1, 0.15) is 26.7 Å². The largest absolute Gasteiger partial charge is 0.409 e. The first-order valence-electron chi connectivity index (χ1n) is 5.01. The highest BCUT2D eigenvalue weighted by Gasteiger charge is 2.53. The summed E-state index contributed by atoms with van der Waals surface area (Å²) in [4.78, 5) is 21.4. The van der Waals surface area contributed by atoms with E-state index in [0.717, 1.165) is 0 Å². The molecule has 0 rings (SSSR count). The average Bonchev–Trinajstić information content (AvgIpc) is 2.15. The predicted molar refractivity (Wildman–Crippen MR) is 56.4 cm³/mol. The fourth-order valence-electron chi connectivity index (χ4n) is 1.43. The molecule has 0 radical (unpaired) electrons. The van der Waals surface area contributed by atoms with Gasteiger partial charge in [-0.05, 0) is 13.3 Å². The van der Waals surface area contributed by atoms with Crippen LogP contribution in [0.4, 0.5) is 9.59 Å². The standard InChI is InChI=1S/C9H18N2O6/c1-3-4-8(2,5-12)9(15,16-6(10)13)17-7(11)14/h12,15H,3-5H2,1-2H3,(H2,10,13)(H2,11,14). The van der Waals surface area contributed by atoms with Crippen LogP contribution in [0, 0.1) is 5.41 Å². The summed E-state index contributed by atoms with van der Waals surface area (Å²) in [5, 5.41) is 19.2. The van der Waals surface area contributed by atoms with Gasteiger partial charge in [-0.15, -0.1) is 0 Å². The lowest BCUT2D eigenvalue weighted by Crippen LogP contribution is -2.56. The first-order chi connectivity index (χ1) is 7.70. The molecule has 0 aromatic rings. The lowest BCUT2D eigenvalue weighted by Gasteiger charge is -2.39. The fourth-order valence-corrected chi connectivity index (χ4v) is 1.43. The summed E-state index contributed by atoms with van der Waals surface area (Å²) in [5.41, 5.74) is 8.11. The lowest BCUT2D eigenvalue weighted by molar-refractivity contribution is -0.365. The van der Waals surface area contributed by atoms with Gasteiger partial charge in [0, 0.05) is 0 Å². The van der Waals surface area contributed by atoms with E-state index in [-0.39, 0.29) is 6.42 Å². The Labute approximate surface area is 98.5 Å². The van der Waals surface area contributed by atoms with Crippen molar-refractivity contribution in [2.45, 2.75) is 32.7 Å². The van der Waals surface area contributed by atoms with Crippen LogP contribution >= 0.6 is 0 Å². The van der Waals surface area contributed by atoms with Gasteiger partial charge in [-0.2, -0.15) is 0 Å². The summed E-state index contributed by atoms with van der Waals surface area (Å²) < 4.78 is 8.74. The van der Waals surface area contributed by atoms with Crippen molar-refractivity contribution < 1.29 is 29.3 Å². The minimum atomic E-state index is -2.70. The summed E-state index contributed by atoms with van der Waals surface area (Å²) in [5.74, 6) is -2.70. The maximum Gasteiger partial charge on any atom is 0.409 e. The van der Waals surface area contributed by atoms with Gasteiger partial charge in [0.2, 0.25) is 0 Å². The van der Waals surface area contributed by atoms with Crippen molar-refractivity contribution in [3.8, 4) is 0 Å². The second kappa shape index (κ2) is 5.69. The maximum atomic E-state index is 10.7. The number of rotatable bonds is 6. The molecule has 1 atom stereocenters. The Hall–Kier alpha value is -1.54. The highest BCUT2D eigenvalue weighted by atomic mass is 16.8. The lowest BCUT2D eigenvalue weighted by atomic mass is 9.83. The molecule has 0 aromatic carbocycles. The average molecular weight is 250 g/mol. The Morgan fingerprint density at radius 3 is 1.88 bits per heavy atom. The smallest absolute Gasteiger partial charge is 0.395 e. The molecule has 0 aliphatic carbocycles. The minimum Gasteiger partial charge on any atom is -0.395 e. The van der Waals surface area contributed by atoms with Crippen LogP contribution in [0.5, 0.6) is 0 Å². The number of carbonyl (C=O) groups is 2. The van der Waals surface area contributed by atoms with Crippen LogP contribution in [0.3, 0.4) is 0 Å². The quantitative estimate of drug-likeness (QED) is 0.473. The first-order valence-corrected chi connectivity index (χ1v) is 5.01. The molecule has 0 saturated heterocycles. The molecule has 0 saturated carbocycles. The number of carbonyl (C=O) groups excluding carboxylic acids is 2. The molecule has 0 aromatic heterocycles. The molecule has 0 spiro atoms. The maximum absolute atomic E-state index is 10.7. The van der Waals surface area contributed by atoms with Gasteiger partial charge in [-0.25, -0.2) is 9.59 Å². The van der Waals surface area contributed by atoms with Crippen molar-refractivity contribution in [1.82, 2.24) is 0 Å². The Balaban J connectivity index is 5.24. The number of hydrogen-bond donors (Lipinski definition) is 4. The Kier molecular flexibility index (Phi) is 5.17. The normalized spacial score (nSPS) is 14.8. The SMILES string of the molecule is CCCC(C)(CO)C(O)(OC(N)=O)OC(N)=O. The van der Waals surface area contributed by atoms with Crippen molar-refractivity contribution >= 4 is 12.2 Å². The van der Waals surface area contributed by atoms with E-state index in [0.29, 0.717) is 6.42 Å². The van der Waals surface area contributed by atoms with Gasteiger partial charge in [0.25, 0.3) is 0 Å². The van der Waals surface area contributed by atoms with E-state index >= 15 is 0 Å². The third kappa shape index (κ3) is 3.75. The molecular formula is C9H18N2O6. The third-order valence-corrected chi connectivity index (χ3v) is 2.39. The Morgan fingerprint density at radius 2 is 1.65 bits per heavy atom. The predicted octanol–water partition coefficient (Wildman–Crippen LogP) is -0.378. The molecule has 8 heteroatoms. The van der Waals surface area contributed by atoms with Gasteiger partial charge in [0.1, 0.15) is 0 Å². The number of primary amides is 2. The van der Waals surface area contributed by atoms with Crippen LogP contribution in [-0.4, -0.2) is 35.0 Å². The van der Waals surface area contributed by atoms with Crippen LogP contribution in [-0.2, 0) is 9.47 Å². The van der Waals surface area contributed by atoms with Gasteiger partial charge in [0.05, 0.1) is 12.0 Å². The van der Waals surface area contributed by atoms with E-state index in [9.17, 15) is 19.8 Å². The number of aliphatic hydroxyl groups is 2. The molecule has 0 aliphatic heterocycles. The van der Waals surface area contributed by atoms with Crippen molar-refractivity contribution in [3.05, 3.63) is 0 Å². The summed E-state index contributed by atoms with van der Waals surface area (Å²) >= 11 is 0. The summed E-state index contributed by atoms with van der Waals surface area (Å²) in [6, 6.07) is 0. The number of hydrogen-bond acceptors (Lipinski definition) is 6. The topological polar surface area (TPSA) is 145 Å². The zero-order chi connectivity index (χ0) is 13.7. The second-order valence-electron chi connectivity index (χ2n) is 3.89. The molecule has 8 nitrogen and oxygen atoms in total. The van der Waals surface area contributed by atoms with Gasteiger partial charge >= 0.3 is 18.2 Å². The molecule has 0 bridgehead atoms. The summed E-state index contributed by atoms with van der Waals surface area (Å²) in [6.45, 7) is 2.53. The van der Waals surface area contributed by atoms with E-state index < -0.39 is 30.2 Å². The third-order valence-electron chi connectivity index (χ3n) is 2.39. The molecule has 0 aliphatic rings. The molecule has 6 N–H and O–H groups in total. The Morgan fingerprint density at radius 1 is 1.24 bits per heavy atom. The highest BCUT2D eigenvalue weighted by molar-refractivity contribution is 5.67. The Bertz CT molecular complexity index is 279. The van der Waals surface area contributed by atoms with E-state index in [4.69, 9.17) is 11.5 Å². The molecule has 17 heavy (non-hydrogen) atoms. The van der Waals surface area contributed by atoms with Gasteiger partial charge in [-0.3, -0.25) is 0 Å². The monoisotopic (exact) mass is 250 g/mol. The minimum absolute atomic E-state index is 0.209. The second-order valence-corrected chi connectivity index (χ2v) is 3.89. The van der Waals surface area contributed by atoms with E-state index in [1.165, 1.54) is 6.92 Å². The van der Waals surface area contributed by atoms with E-state index in [1.807, 2.05) is 0 Å². The molecule has 0 fully saturated rings. The van der Waals surface area contributed by atoms with Crippen molar-refractivity contribution in [2.75, 3.05) is 6.61 Å². The van der Waals surface area contributed by atoms with Gasteiger partial charge < -0.3 is 31.2 Å². The number of aliphatic hydroxyl groups excluding tert-OH is 1. The van der Waals surface area contributed by atoms with Gasteiger partial charge in [0.15, 0.2) is 0 Å². The van der Waals surface area contributed by atoms with Crippen molar-refractivity contribution in [3.63, 3.8) is 0 Å². The van der Waals surface area contributed by atoms with Crippen LogP contribution in [0.15, 0.2) is 0 Å². The molecule has 2 amide bonds. The zero-order valence-corrected chi connectivity index (χ0v) is 9.80. The van der Waals surface area contributed by atoms with Crippen LogP contribution in [0.25, 0.3) is 0 Å². The van der Waals surface area contributed by atoms with Crippen LogP contribution < -0.4 is 11.5 Å². The number of amides is 2. The molecule has 1 unspecified atom stereocenters. The van der Waals surface area contributed by atoms with Crippen LogP contribution in [0.2, 0.25) is 0 Å². The number of ether oxygens (including phenoxy) is 2. The van der Waals surface area contributed by atoms with E-state index in [2.05, 4.69) is 9.47 Å². The van der Waals surface area contributed by atoms with Crippen molar-refractivity contribution in [2.24, 2.45) is 16.9 Å². The molecule has 100 valence electrons. The summed E-state index contributed by atoms with van der Waals surface area (Å²) in [6.07, 6.45) is -1.97. The molecule has 0 heterocycles. The first kappa shape index (κ1) is 15.5. The molecular weight excluding hydrogens is 232 g/mol. The highest BCUT2D eigenvalue weighted by Crippen LogP contribution is 2.37. The number of nitrogens with two attached hydrogens (primary N) is 2. The van der Waals surface area contributed by atoms with Gasteiger partial charge in [-0.1, -0.05) is 13.3 Å².